The fraction of sp³-hybridized carbons (Fsp3) is 0.500. The smallest absolute Gasteiger partial charge is 0.358 e. The summed E-state index contributed by atoms with van der Waals surface area (Å²) in [6, 6.07) is 0. The van der Waals surface area contributed by atoms with Crippen LogP contribution in [0.1, 0.15) is 0 Å². The fourth-order valence-corrected chi connectivity index (χ4v) is 0.729. The third-order valence-corrected chi connectivity index (χ3v) is 1.51. The summed E-state index contributed by atoms with van der Waals surface area (Å²) in [5.74, 6) is -0.568. The Kier molecular flexibility index (Phi) is 2.75. The van der Waals surface area contributed by atoms with Crippen molar-refractivity contribution in [1.29, 1.82) is 0 Å². The first-order chi connectivity index (χ1) is 6.50. The maximum atomic E-state index is 11.2. The number of hydrogen-bond acceptors (Lipinski definition) is 5. The summed E-state index contributed by atoms with van der Waals surface area (Å²) in [4.78, 5) is 22.1. The van der Waals surface area contributed by atoms with Crippen molar-refractivity contribution in [3.63, 3.8) is 0 Å². The molecule has 0 N–H and O–H groups in total. The van der Waals surface area contributed by atoms with Crippen molar-refractivity contribution in [3.05, 3.63) is 16.3 Å². The Morgan fingerprint density at radius 3 is 2.79 bits per heavy atom. The van der Waals surface area contributed by atoms with E-state index in [4.69, 9.17) is 0 Å². The highest BCUT2D eigenvalue weighted by atomic mass is 16.6. The van der Waals surface area contributed by atoms with Crippen molar-refractivity contribution < 1.29 is 9.72 Å². The number of amides is 1. The van der Waals surface area contributed by atoms with Gasteiger partial charge in [0, 0.05) is 14.1 Å². The summed E-state index contributed by atoms with van der Waals surface area (Å²) in [5, 5.41) is 16.9. The summed E-state index contributed by atoms with van der Waals surface area (Å²) in [5.41, 5.74) is 0. The number of rotatable bonds is 3. The zero-order valence-corrected chi connectivity index (χ0v) is 7.75. The van der Waals surface area contributed by atoms with Crippen LogP contribution in [0.3, 0.4) is 0 Å². The van der Waals surface area contributed by atoms with Crippen molar-refractivity contribution in [2.24, 2.45) is 0 Å². The van der Waals surface area contributed by atoms with Gasteiger partial charge >= 0.3 is 5.82 Å². The highest BCUT2D eigenvalue weighted by Gasteiger charge is 2.14. The van der Waals surface area contributed by atoms with Crippen LogP contribution in [0.2, 0.25) is 0 Å². The Morgan fingerprint density at radius 2 is 2.36 bits per heavy atom. The number of carbonyl (C=O) groups excluding carboxylic acids is 1. The van der Waals surface area contributed by atoms with Crippen LogP contribution in [0.4, 0.5) is 5.82 Å². The second kappa shape index (κ2) is 3.81. The summed E-state index contributed by atoms with van der Waals surface area (Å²) < 4.78 is 1.13. The van der Waals surface area contributed by atoms with Crippen molar-refractivity contribution in [2.45, 2.75) is 6.54 Å². The third kappa shape index (κ3) is 2.25. The SMILES string of the molecule is CN(C)C(=O)Cn1cc([N+](=O)[O-])nn1. The molecule has 0 saturated carbocycles. The molecular weight excluding hydrogens is 190 g/mol. The molecule has 1 amide bonds. The molecule has 0 aliphatic rings. The maximum Gasteiger partial charge on any atom is 0.410 e. The van der Waals surface area contributed by atoms with Crippen molar-refractivity contribution in [2.75, 3.05) is 14.1 Å². The van der Waals surface area contributed by atoms with E-state index >= 15 is 0 Å². The first kappa shape index (κ1) is 10.1. The molecule has 0 saturated heterocycles. The van der Waals surface area contributed by atoms with Gasteiger partial charge in [-0.3, -0.25) is 4.79 Å². The first-order valence-corrected chi connectivity index (χ1v) is 3.75. The Hall–Kier alpha value is -1.99. The highest BCUT2D eigenvalue weighted by Crippen LogP contribution is 2.02. The van der Waals surface area contributed by atoms with Gasteiger partial charge in [-0.2, -0.15) is 0 Å². The third-order valence-electron chi connectivity index (χ3n) is 1.51. The van der Waals surface area contributed by atoms with Crippen LogP contribution in [0.5, 0.6) is 0 Å². The van der Waals surface area contributed by atoms with Gasteiger partial charge in [0.2, 0.25) is 5.91 Å². The summed E-state index contributed by atoms with van der Waals surface area (Å²) in [7, 11) is 3.18. The second-order valence-electron chi connectivity index (χ2n) is 2.82. The van der Waals surface area contributed by atoms with Gasteiger partial charge in [-0.05, 0) is 4.92 Å². The van der Waals surface area contributed by atoms with E-state index in [-0.39, 0.29) is 18.3 Å². The van der Waals surface area contributed by atoms with E-state index < -0.39 is 4.92 Å². The minimum atomic E-state index is -0.663. The molecule has 0 unspecified atom stereocenters. The van der Waals surface area contributed by atoms with E-state index in [2.05, 4.69) is 10.3 Å². The predicted molar refractivity (Wildman–Crippen MR) is 45.4 cm³/mol. The average Bonchev–Trinajstić information content (AvgIpc) is 2.52. The first-order valence-electron chi connectivity index (χ1n) is 3.75. The second-order valence-corrected chi connectivity index (χ2v) is 2.82. The average molecular weight is 199 g/mol. The molecule has 76 valence electrons. The minimum Gasteiger partial charge on any atom is -0.358 e. The number of nitro groups is 1. The Labute approximate surface area is 79.3 Å². The van der Waals surface area contributed by atoms with Gasteiger partial charge in [-0.25, -0.2) is 4.68 Å². The molecule has 0 aliphatic carbocycles. The van der Waals surface area contributed by atoms with Gasteiger partial charge in [0.1, 0.15) is 17.8 Å². The molecule has 0 fully saturated rings. The van der Waals surface area contributed by atoms with E-state index in [1.54, 1.807) is 14.1 Å². The van der Waals surface area contributed by atoms with Crippen LogP contribution >= 0.6 is 0 Å². The lowest BCUT2D eigenvalue weighted by molar-refractivity contribution is -0.389. The summed E-state index contributed by atoms with van der Waals surface area (Å²) >= 11 is 0. The lowest BCUT2D eigenvalue weighted by Crippen LogP contribution is -2.26. The minimum absolute atomic E-state index is 0.0478. The van der Waals surface area contributed by atoms with Gasteiger partial charge in [0.05, 0.1) is 5.21 Å². The van der Waals surface area contributed by atoms with Crippen molar-refractivity contribution in [1.82, 2.24) is 19.9 Å². The lowest BCUT2D eigenvalue weighted by Gasteiger charge is -2.08. The normalized spacial score (nSPS) is 9.86. The Morgan fingerprint density at radius 1 is 1.71 bits per heavy atom. The lowest BCUT2D eigenvalue weighted by atomic mass is 10.5. The molecule has 8 nitrogen and oxygen atoms in total. The topological polar surface area (TPSA) is 94.2 Å². The van der Waals surface area contributed by atoms with Gasteiger partial charge < -0.3 is 15.0 Å². The van der Waals surface area contributed by atoms with Gasteiger partial charge in [-0.15, -0.1) is 0 Å². The Balaban J connectivity index is 2.69. The molecule has 0 bridgehead atoms. The van der Waals surface area contributed by atoms with Crippen molar-refractivity contribution >= 4 is 11.7 Å². The van der Waals surface area contributed by atoms with E-state index in [1.165, 1.54) is 4.90 Å². The summed E-state index contributed by atoms with van der Waals surface area (Å²) in [6.45, 7) is -0.0478. The predicted octanol–water partition coefficient (Wildman–Crippen LogP) is -0.726. The van der Waals surface area contributed by atoms with E-state index in [0.717, 1.165) is 10.9 Å². The number of nitrogens with zero attached hydrogens (tertiary/aromatic N) is 5. The molecule has 0 atom stereocenters. The zero-order valence-electron chi connectivity index (χ0n) is 7.75. The van der Waals surface area contributed by atoms with Gasteiger partial charge in [0.15, 0.2) is 0 Å². The van der Waals surface area contributed by atoms with E-state index in [1.807, 2.05) is 0 Å². The molecule has 8 heteroatoms. The van der Waals surface area contributed by atoms with Crippen LogP contribution in [0.15, 0.2) is 6.20 Å². The summed E-state index contributed by atoms with van der Waals surface area (Å²) in [6.07, 6.45) is 1.11. The fourth-order valence-electron chi connectivity index (χ4n) is 0.729. The zero-order chi connectivity index (χ0) is 10.7. The molecule has 14 heavy (non-hydrogen) atoms. The number of carbonyl (C=O) groups is 1. The maximum absolute atomic E-state index is 11.2. The highest BCUT2D eigenvalue weighted by molar-refractivity contribution is 5.75. The molecule has 1 rings (SSSR count). The molecular formula is C6H9N5O3. The molecule has 1 aromatic heterocycles. The molecule has 0 spiro atoms. The van der Waals surface area contributed by atoms with Gasteiger partial charge in [-0.1, -0.05) is 0 Å². The Bertz CT molecular complexity index is 358. The molecule has 0 aliphatic heterocycles. The monoisotopic (exact) mass is 199 g/mol. The van der Waals surface area contributed by atoms with Crippen LogP contribution in [-0.4, -0.2) is 44.8 Å². The number of likely N-dealkylation sites (N-methyl/N-ethyl adjacent to an activating group) is 1. The molecule has 0 radical (unpaired) electrons. The van der Waals surface area contributed by atoms with Crippen LogP contribution in [-0.2, 0) is 11.3 Å². The van der Waals surface area contributed by atoms with Crippen LogP contribution < -0.4 is 0 Å². The molecule has 1 heterocycles. The van der Waals surface area contributed by atoms with E-state index in [9.17, 15) is 14.9 Å². The molecule has 0 aromatic carbocycles. The van der Waals surface area contributed by atoms with Gasteiger partial charge in [0.25, 0.3) is 0 Å². The quantitative estimate of drug-likeness (QED) is 0.472. The standard InChI is InChI=1S/C6H9N5O3/c1-9(2)6(12)4-10-3-5(7-8-10)11(13)14/h3H,4H2,1-2H3. The molecule has 1 aromatic rings. The number of aromatic nitrogens is 3. The van der Waals surface area contributed by atoms with Crippen LogP contribution in [0.25, 0.3) is 0 Å². The number of hydrogen-bond donors (Lipinski definition) is 0. The van der Waals surface area contributed by atoms with E-state index in [0.29, 0.717) is 0 Å². The van der Waals surface area contributed by atoms with Crippen LogP contribution in [0, 0.1) is 10.1 Å². The largest absolute Gasteiger partial charge is 0.410 e. The van der Waals surface area contributed by atoms with Crippen molar-refractivity contribution in [3.8, 4) is 0 Å².